The predicted octanol–water partition coefficient (Wildman–Crippen LogP) is 4.36. The van der Waals surface area contributed by atoms with E-state index in [-0.39, 0.29) is 5.91 Å². The lowest BCUT2D eigenvalue weighted by atomic mass is 10.3. The third-order valence-corrected chi connectivity index (χ3v) is 4.51. The molecule has 1 amide bonds. The maximum absolute atomic E-state index is 12.3. The SMILES string of the molecule is COc1ccc2nc(NC(=O)[C@H](C)Oc3ccc(Cl)cc3)sc2c1. The standard InChI is InChI=1S/C17H15ClN2O3S/c1-10(23-12-5-3-11(18)4-6-12)16(21)20-17-19-14-8-7-13(22-2)9-15(14)24-17/h3-10H,1-2H3,(H,19,20,21)/t10-/m0/s1. The molecule has 0 unspecified atom stereocenters. The monoisotopic (exact) mass is 362 g/mol. The first-order valence-corrected chi connectivity index (χ1v) is 8.42. The molecule has 0 aliphatic rings. The van der Waals surface area contributed by atoms with Crippen LogP contribution in [0.15, 0.2) is 42.5 Å². The van der Waals surface area contributed by atoms with Crippen molar-refractivity contribution in [3.8, 4) is 11.5 Å². The molecule has 3 aromatic rings. The lowest BCUT2D eigenvalue weighted by molar-refractivity contribution is -0.122. The van der Waals surface area contributed by atoms with Gasteiger partial charge in [-0.15, -0.1) is 0 Å². The number of anilines is 1. The number of thiazole rings is 1. The summed E-state index contributed by atoms with van der Waals surface area (Å²) in [7, 11) is 1.61. The zero-order chi connectivity index (χ0) is 17.1. The molecule has 5 nitrogen and oxygen atoms in total. The molecule has 7 heteroatoms. The molecule has 0 fully saturated rings. The Labute approximate surface area is 148 Å². The van der Waals surface area contributed by atoms with Gasteiger partial charge in [0.25, 0.3) is 5.91 Å². The van der Waals surface area contributed by atoms with Crippen LogP contribution in [-0.4, -0.2) is 24.1 Å². The summed E-state index contributed by atoms with van der Waals surface area (Å²) in [5.41, 5.74) is 0.808. The second-order valence-corrected chi connectivity index (χ2v) is 6.52. The quantitative estimate of drug-likeness (QED) is 0.732. The Morgan fingerprint density at radius 2 is 1.92 bits per heavy atom. The van der Waals surface area contributed by atoms with Gasteiger partial charge in [-0.1, -0.05) is 22.9 Å². The summed E-state index contributed by atoms with van der Waals surface area (Å²) < 4.78 is 11.7. The van der Waals surface area contributed by atoms with E-state index in [2.05, 4.69) is 10.3 Å². The number of hydrogen-bond donors (Lipinski definition) is 1. The van der Waals surface area contributed by atoms with Gasteiger partial charge in [-0.3, -0.25) is 10.1 Å². The van der Waals surface area contributed by atoms with Gasteiger partial charge < -0.3 is 9.47 Å². The van der Waals surface area contributed by atoms with Crippen molar-refractivity contribution < 1.29 is 14.3 Å². The van der Waals surface area contributed by atoms with Crippen LogP contribution in [0.1, 0.15) is 6.92 Å². The van der Waals surface area contributed by atoms with Gasteiger partial charge in [0.15, 0.2) is 11.2 Å². The highest BCUT2D eigenvalue weighted by molar-refractivity contribution is 7.22. The average Bonchev–Trinajstić information content (AvgIpc) is 2.97. The number of methoxy groups -OCH3 is 1. The third kappa shape index (κ3) is 3.77. The van der Waals surface area contributed by atoms with E-state index < -0.39 is 6.10 Å². The van der Waals surface area contributed by atoms with E-state index in [1.54, 1.807) is 38.3 Å². The molecule has 0 saturated heterocycles. The fraction of sp³-hybridized carbons (Fsp3) is 0.176. The van der Waals surface area contributed by atoms with Crippen LogP contribution in [0, 0.1) is 0 Å². The molecule has 1 N–H and O–H groups in total. The van der Waals surface area contributed by atoms with E-state index in [4.69, 9.17) is 21.1 Å². The Hall–Kier alpha value is -2.31. The van der Waals surface area contributed by atoms with Crippen LogP contribution >= 0.6 is 22.9 Å². The van der Waals surface area contributed by atoms with Gasteiger partial charge >= 0.3 is 0 Å². The Bertz CT molecular complexity index is 864. The maximum Gasteiger partial charge on any atom is 0.266 e. The van der Waals surface area contributed by atoms with E-state index in [9.17, 15) is 4.79 Å². The van der Waals surface area contributed by atoms with Gasteiger partial charge in [0.1, 0.15) is 11.5 Å². The molecule has 124 valence electrons. The number of amides is 1. The van der Waals surface area contributed by atoms with E-state index in [0.717, 1.165) is 16.0 Å². The molecule has 0 bridgehead atoms. The van der Waals surface area contributed by atoms with Crippen molar-refractivity contribution >= 4 is 44.2 Å². The molecule has 0 saturated carbocycles. The molecule has 0 radical (unpaired) electrons. The van der Waals surface area contributed by atoms with Gasteiger partial charge in [0.2, 0.25) is 0 Å². The zero-order valence-corrected chi connectivity index (χ0v) is 14.6. The minimum atomic E-state index is -0.660. The normalized spacial score (nSPS) is 12.0. The summed E-state index contributed by atoms with van der Waals surface area (Å²) in [6.45, 7) is 1.68. The van der Waals surface area contributed by atoms with Crippen LogP contribution in [0.2, 0.25) is 5.02 Å². The molecular weight excluding hydrogens is 348 g/mol. The van der Waals surface area contributed by atoms with Crippen molar-refractivity contribution in [3.05, 3.63) is 47.5 Å². The van der Waals surface area contributed by atoms with E-state index in [0.29, 0.717) is 15.9 Å². The molecule has 1 atom stereocenters. The number of nitrogens with one attached hydrogen (secondary N) is 1. The van der Waals surface area contributed by atoms with Crippen molar-refractivity contribution in [1.82, 2.24) is 4.98 Å². The lowest BCUT2D eigenvalue weighted by Crippen LogP contribution is -2.30. The van der Waals surface area contributed by atoms with Gasteiger partial charge in [-0.25, -0.2) is 4.98 Å². The molecule has 0 aliphatic heterocycles. The van der Waals surface area contributed by atoms with Crippen molar-refractivity contribution in [1.29, 1.82) is 0 Å². The highest BCUT2D eigenvalue weighted by Gasteiger charge is 2.17. The second kappa shape index (κ2) is 7.07. The zero-order valence-electron chi connectivity index (χ0n) is 13.1. The Kier molecular flexibility index (Phi) is 4.87. The number of aromatic nitrogens is 1. The van der Waals surface area contributed by atoms with Gasteiger partial charge in [0, 0.05) is 5.02 Å². The van der Waals surface area contributed by atoms with Crippen LogP contribution in [0.5, 0.6) is 11.5 Å². The first-order valence-electron chi connectivity index (χ1n) is 7.23. The second-order valence-electron chi connectivity index (χ2n) is 5.06. The largest absolute Gasteiger partial charge is 0.497 e. The average molecular weight is 363 g/mol. The van der Waals surface area contributed by atoms with Crippen molar-refractivity contribution in [3.63, 3.8) is 0 Å². The number of fused-ring (bicyclic) bond motifs is 1. The molecule has 2 aromatic carbocycles. The van der Waals surface area contributed by atoms with Gasteiger partial charge in [-0.2, -0.15) is 0 Å². The van der Waals surface area contributed by atoms with Crippen molar-refractivity contribution in [2.24, 2.45) is 0 Å². The van der Waals surface area contributed by atoms with E-state index in [1.807, 2.05) is 18.2 Å². The molecule has 1 aromatic heterocycles. The Morgan fingerprint density at radius 3 is 2.62 bits per heavy atom. The highest BCUT2D eigenvalue weighted by Crippen LogP contribution is 2.29. The molecule has 3 rings (SSSR count). The first kappa shape index (κ1) is 16.5. The predicted molar refractivity (Wildman–Crippen MR) is 96.3 cm³/mol. The summed E-state index contributed by atoms with van der Waals surface area (Å²) in [4.78, 5) is 16.7. The molecule has 1 heterocycles. The molecule has 24 heavy (non-hydrogen) atoms. The topological polar surface area (TPSA) is 60.5 Å². The summed E-state index contributed by atoms with van der Waals surface area (Å²) in [6, 6.07) is 12.4. The van der Waals surface area contributed by atoms with Gasteiger partial charge in [-0.05, 0) is 49.4 Å². The fourth-order valence-electron chi connectivity index (χ4n) is 2.06. The summed E-state index contributed by atoms with van der Waals surface area (Å²) in [5.74, 6) is 1.07. The number of benzene rings is 2. The maximum atomic E-state index is 12.3. The number of carbonyl (C=O) groups is 1. The minimum absolute atomic E-state index is 0.268. The number of rotatable bonds is 5. The fourth-order valence-corrected chi connectivity index (χ4v) is 3.09. The van der Waals surface area contributed by atoms with Crippen LogP contribution in [0.25, 0.3) is 10.2 Å². The minimum Gasteiger partial charge on any atom is -0.497 e. The van der Waals surface area contributed by atoms with E-state index >= 15 is 0 Å². The van der Waals surface area contributed by atoms with Crippen LogP contribution in [0.3, 0.4) is 0 Å². The molecule has 0 aliphatic carbocycles. The summed E-state index contributed by atoms with van der Waals surface area (Å²) in [5, 5.41) is 3.91. The number of ether oxygens (including phenoxy) is 2. The number of carbonyl (C=O) groups excluding carboxylic acids is 1. The smallest absolute Gasteiger partial charge is 0.266 e. The van der Waals surface area contributed by atoms with Crippen LogP contribution in [-0.2, 0) is 4.79 Å². The first-order chi connectivity index (χ1) is 11.5. The highest BCUT2D eigenvalue weighted by atomic mass is 35.5. The Balaban J connectivity index is 1.68. The van der Waals surface area contributed by atoms with Crippen molar-refractivity contribution in [2.45, 2.75) is 13.0 Å². The molecule has 0 spiro atoms. The summed E-state index contributed by atoms with van der Waals surface area (Å²) in [6.07, 6.45) is -0.660. The van der Waals surface area contributed by atoms with Gasteiger partial charge in [0.05, 0.1) is 17.3 Å². The Morgan fingerprint density at radius 1 is 1.21 bits per heavy atom. The van der Waals surface area contributed by atoms with Crippen molar-refractivity contribution in [2.75, 3.05) is 12.4 Å². The third-order valence-electron chi connectivity index (χ3n) is 3.32. The number of hydrogen-bond acceptors (Lipinski definition) is 5. The number of nitrogens with zero attached hydrogens (tertiary/aromatic N) is 1. The van der Waals surface area contributed by atoms with Crippen LogP contribution < -0.4 is 14.8 Å². The van der Waals surface area contributed by atoms with E-state index in [1.165, 1.54) is 11.3 Å². The lowest BCUT2D eigenvalue weighted by Gasteiger charge is -2.13. The summed E-state index contributed by atoms with van der Waals surface area (Å²) >= 11 is 7.21. The molecular formula is C17H15ClN2O3S. The van der Waals surface area contributed by atoms with Crippen LogP contribution in [0.4, 0.5) is 5.13 Å². The number of halogens is 1.